The largest absolute Gasteiger partial charge is 0.490 e. The number of imidazole rings is 1. The van der Waals surface area contributed by atoms with Crippen LogP contribution in [-0.2, 0) is 4.74 Å². The first-order valence-corrected chi connectivity index (χ1v) is 7.20. The van der Waals surface area contributed by atoms with Gasteiger partial charge in [0.1, 0.15) is 5.69 Å². The van der Waals surface area contributed by atoms with Crippen molar-refractivity contribution in [3.63, 3.8) is 0 Å². The number of fused-ring (bicyclic) bond motifs is 1. The van der Waals surface area contributed by atoms with Crippen molar-refractivity contribution in [1.82, 2.24) is 14.3 Å². The molecule has 0 aromatic carbocycles. The number of aryl methyl sites for hydroxylation is 1. The van der Waals surface area contributed by atoms with Crippen LogP contribution in [0.5, 0.6) is 5.75 Å². The van der Waals surface area contributed by atoms with Crippen molar-refractivity contribution in [3.8, 4) is 5.75 Å². The Morgan fingerprint density at radius 1 is 1.43 bits per heavy atom. The van der Waals surface area contributed by atoms with E-state index in [1.807, 2.05) is 41.5 Å². The molecule has 2 aromatic rings. The number of pyridine rings is 1. The zero-order valence-corrected chi connectivity index (χ0v) is 12.3. The maximum atomic E-state index is 12.7. The molecule has 6 heteroatoms. The molecule has 0 unspecified atom stereocenters. The van der Waals surface area contributed by atoms with Gasteiger partial charge >= 0.3 is 0 Å². The summed E-state index contributed by atoms with van der Waals surface area (Å²) in [5.74, 6) is 0.695. The third-order valence-electron chi connectivity index (χ3n) is 3.59. The minimum Gasteiger partial charge on any atom is -0.490 e. The van der Waals surface area contributed by atoms with E-state index < -0.39 is 0 Å². The van der Waals surface area contributed by atoms with Crippen molar-refractivity contribution in [1.29, 1.82) is 0 Å². The zero-order valence-electron chi connectivity index (χ0n) is 12.3. The van der Waals surface area contributed by atoms with E-state index in [0.29, 0.717) is 50.0 Å². The van der Waals surface area contributed by atoms with E-state index in [0.717, 1.165) is 5.69 Å². The summed E-state index contributed by atoms with van der Waals surface area (Å²) < 4.78 is 12.7. The van der Waals surface area contributed by atoms with Crippen LogP contribution in [0.4, 0.5) is 0 Å². The Labute approximate surface area is 123 Å². The number of amides is 1. The van der Waals surface area contributed by atoms with Gasteiger partial charge in [-0.25, -0.2) is 4.98 Å². The third kappa shape index (κ3) is 2.47. The molecule has 0 bridgehead atoms. The first-order chi connectivity index (χ1) is 10.2. The summed E-state index contributed by atoms with van der Waals surface area (Å²) in [6, 6.07) is 3.74. The molecular formula is C15H19N3O3. The highest BCUT2D eigenvalue weighted by atomic mass is 16.5. The molecule has 0 spiro atoms. The van der Waals surface area contributed by atoms with Gasteiger partial charge < -0.3 is 14.4 Å². The predicted octanol–water partition coefficient (Wildman–Crippen LogP) is 1.51. The monoisotopic (exact) mass is 289 g/mol. The molecule has 0 radical (unpaired) electrons. The smallest absolute Gasteiger partial charge is 0.272 e. The molecule has 6 nitrogen and oxygen atoms in total. The van der Waals surface area contributed by atoms with Crippen LogP contribution >= 0.6 is 0 Å². The number of hydrogen-bond donors (Lipinski definition) is 0. The Hall–Kier alpha value is -2.08. The summed E-state index contributed by atoms with van der Waals surface area (Å²) in [5, 5.41) is 0. The van der Waals surface area contributed by atoms with Crippen molar-refractivity contribution < 1.29 is 14.3 Å². The molecule has 1 saturated heterocycles. The predicted molar refractivity (Wildman–Crippen MR) is 77.8 cm³/mol. The zero-order chi connectivity index (χ0) is 14.8. The topological polar surface area (TPSA) is 56.1 Å². The van der Waals surface area contributed by atoms with E-state index in [-0.39, 0.29) is 5.91 Å². The minimum atomic E-state index is -0.00283. The Balaban J connectivity index is 2.03. The molecule has 3 rings (SSSR count). The van der Waals surface area contributed by atoms with Gasteiger partial charge in [-0.15, -0.1) is 0 Å². The van der Waals surface area contributed by atoms with Crippen LogP contribution in [0.25, 0.3) is 5.65 Å². The highest BCUT2D eigenvalue weighted by Gasteiger charge is 2.24. The molecule has 1 aliphatic rings. The molecule has 0 N–H and O–H groups in total. The lowest BCUT2D eigenvalue weighted by atomic mass is 10.3. The SMILES string of the molecule is CCOc1cccn2c(C(=O)N3CCOCC3)c(C)nc12. The highest BCUT2D eigenvalue weighted by molar-refractivity contribution is 5.95. The summed E-state index contributed by atoms with van der Waals surface area (Å²) in [4.78, 5) is 19.1. The number of ether oxygens (including phenoxy) is 2. The van der Waals surface area contributed by atoms with Gasteiger partial charge in [0.05, 0.1) is 25.5 Å². The molecule has 0 atom stereocenters. The number of nitrogens with zero attached hydrogens (tertiary/aromatic N) is 3. The molecule has 1 aliphatic heterocycles. The van der Waals surface area contributed by atoms with Gasteiger partial charge in [-0.3, -0.25) is 9.20 Å². The molecule has 1 amide bonds. The maximum absolute atomic E-state index is 12.7. The number of carbonyl (C=O) groups is 1. The highest BCUT2D eigenvalue weighted by Crippen LogP contribution is 2.23. The average Bonchev–Trinajstić information content (AvgIpc) is 2.85. The number of morpholine rings is 1. The standard InChI is InChI=1S/C15H19N3O3/c1-3-21-12-5-4-6-18-13(11(2)16-14(12)18)15(19)17-7-9-20-10-8-17/h4-6H,3,7-10H2,1-2H3. The summed E-state index contributed by atoms with van der Waals surface area (Å²) in [6.07, 6.45) is 1.85. The Morgan fingerprint density at radius 2 is 2.19 bits per heavy atom. The van der Waals surface area contributed by atoms with E-state index in [2.05, 4.69) is 4.98 Å². The fraction of sp³-hybridized carbons (Fsp3) is 0.467. The Bertz CT molecular complexity index is 659. The second-order valence-electron chi connectivity index (χ2n) is 4.95. The molecule has 112 valence electrons. The molecule has 21 heavy (non-hydrogen) atoms. The van der Waals surface area contributed by atoms with Gasteiger partial charge in [0.2, 0.25) is 0 Å². The Kier molecular flexibility index (Phi) is 3.79. The third-order valence-corrected chi connectivity index (χ3v) is 3.59. The Morgan fingerprint density at radius 3 is 2.90 bits per heavy atom. The van der Waals surface area contributed by atoms with Crippen LogP contribution in [-0.4, -0.2) is 53.1 Å². The van der Waals surface area contributed by atoms with Crippen LogP contribution in [0.1, 0.15) is 23.1 Å². The van der Waals surface area contributed by atoms with Crippen molar-refractivity contribution >= 4 is 11.6 Å². The van der Waals surface area contributed by atoms with Crippen LogP contribution in [0.2, 0.25) is 0 Å². The summed E-state index contributed by atoms with van der Waals surface area (Å²) in [7, 11) is 0. The van der Waals surface area contributed by atoms with Gasteiger partial charge in [0.15, 0.2) is 11.4 Å². The molecule has 1 fully saturated rings. The molecule has 3 heterocycles. The van der Waals surface area contributed by atoms with Crippen molar-refractivity contribution in [3.05, 3.63) is 29.7 Å². The summed E-state index contributed by atoms with van der Waals surface area (Å²) >= 11 is 0. The van der Waals surface area contributed by atoms with Gasteiger partial charge in [0.25, 0.3) is 5.91 Å². The second kappa shape index (κ2) is 5.73. The average molecular weight is 289 g/mol. The van der Waals surface area contributed by atoms with Gasteiger partial charge in [-0.2, -0.15) is 0 Å². The van der Waals surface area contributed by atoms with Crippen LogP contribution in [0, 0.1) is 6.92 Å². The number of carbonyl (C=O) groups excluding carboxylic acids is 1. The van der Waals surface area contributed by atoms with Crippen molar-refractivity contribution in [2.45, 2.75) is 13.8 Å². The lowest BCUT2D eigenvalue weighted by molar-refractivity contribution is 0.0297. The summed E-state index contributed by atoms with van der Waals surface area (Å²) in [5.41, 5.74) is 2.01. The number of hydrogen-bond acceptors (Lipinski definition) is 4. The number of rotatable bonds is 3. The first-order valence-electron chi connectivity index (χ1n) is 7.20. The minimum absolute atomic E-state index is 0.00283. The van der Waals surface area contributed by atoms with E-state index in [9.17, 15) is 4.79 Å². The van der Waals surface area contributed by atoms with Crippen molar-refractivity contribution in [2.75, 3.05) is 32.9 Å². The molecule has 2 aromatic heterocycles. The van der Waals surface area contributed by atoms with E-state index >= 15 is 0 Å². The quantitative estimate of drug-likeness (QED) is 0.859. The lowest BCUT2D eigenvalue weighted by Crippen LogP contribution is -2.41. The molecule has 0 aliphatic carbocycles. The fourth-order valence-corrected chi connectivity index (χ4v) is 2.60. The maximum Gasteiger partial charge on any atom is 0.272 e. The first kappa shape index (κ1) is 13.9. The normalized spacial score (nSPS) is 15.4. The van der Waals surface area contributed by atoms with Gasteiger partial charge in [0, 0.05) is 19.3 Å². The second-order valence-corrected chi connectivity index (χ2v) is 4.95. The van der Waals surface area contributed by atoms with Crippen LogP contribution in [0.15, 0.2) is 18.3 Å². The van der Waals surface area contributed by atoms with E-state index in [4.69, 9.17) is 9.47 Å². The lowest BCUT2D eigenvalue weighted by Gasteiger charge is -2.26. The molecule has 0 saturated carbocycles. The van der Waals surface area contributed by atoms with Gasteiger partial charge in [-0.1, -0.05) is 0 Å². The van der Waals surface area contributed by atoms with Crippen molar-refractivity contribution in [2.24, 2.45) is 0 Å². The van der Waals surface area contributed by atoms with E-state index in [1.165, 1.54) is 0 Å². The summed E-state index contributed by atoms with van der Waals surface area (Å²) in [6.45, 7) is 6.78. The van der Waals surface area contributed by atoms with E-state index in [1.54, 1.807) is 0 Å². The fourth-order valence-electron chi connectivity index (χ4n) is 2.60. The van der Waals surface area contributed by atoms with Crippen LogP contribution in [0.3, 0.4) is 0 Å². The van der Waals surface area contributed by atoms with Gasteiger partial charge in [-0.05, 0) is 26.0 Å². The van der Waals surface area contributed by atoms with Crippen LogP contribution < -0.4 is 4.74 Å². The number of aromatic nitrogens is 2. The molecular weight excluding hydrogens is 270 g/mol.